The molecule has 1 atom stereocenters. The lowest BCUT2D eigenvalue weighted by Crippen LogP contribution is -2.47. The van der Waals surface area contributed by atoms with Crippen molar-refractivity contribution < 1.29 is 9.53 Å². The van der Waals surface area contributed by atoms with Crippen LogP contribution in [-0.2, 0) is 6.61 Å². The molecule has 4 rings (SSSR count). The molecular weight excluding hydrogens is 378 g/mol. The number of aromatic nitrogens is 1. The molecule has 154 valence electrons. The predicted molar refractivity (Wildman–Crippen MR) is 116 cm³/mol. The maximum absolute atomic E-state index is 13.2. The van der Waals surface area contributed by atoms with Gasteiger partial charge in [0.15, 0.2) is 11.4 Å². The van der Waals surface area contributed by atoms with E-state index in [1.54, 1.807) is 15.8 Å². The van der Waals surface area contributed by atoms with Gasteiger partial charge >= 0.3 is 0 Å². The van der Waals surface area contributed by atoms with Crippen molar-refractivity contribution in [3.63, 3.8) is 0 Å². The highest BCUT2D eigenvalue weighted by Gasteiger charge is 2.29. The minimum absolute atomic E-state index is 0.0830. The first kappa shape index (κ1) is 19.8. The van der Waals surface area contributed by atoms with E-state index in [1.165, 1.54) is 11.6 Å². The molecule has 0 aliphatic carbocycles. The molecule has 30 heavy (non-hydrogen) atoms. The minimum atomic E-state index is -0.299. The average molecular weight is 403 g/mol. The summed E-state index contributed by atoms with van der Waals surface area (Å²) < 4.78 is 7.40. The maximum atomic E-state index is 13.2. The second-order valence-electron chi connectivity index (χ2n) is 7.49. The van der Waals surface area contributed by atoms with Crippen molar-refractivity contribution in [2.45, 2.75) is 25.9 Å². The van der Waals surface area contributed by atoms with Gasteiger partial charge in [0.05, 0.1) is 0 Å². The number of ether oxygens (including phenoxy) is 1. The van der Waals surface area contributed by atoms with Gasteiger partial charge in [-0.1, -0.05) is 67.6 Å². The first-order valence-corrected chi connectivity index (χ1v) is 10.1. The second kappa shape index (κ2) is 8.86. The van der Waals surface area contributed by atoms with Crippen molar-refractivity contribution in [3.05, 3.63) is 100.0 Å². The summed E-state index contributed by atoms with van der Waals surface area (Å²) in [4.78, 5) is 27.4. The van der Waals surface area contributed by atoms with Gasteiger partial charge in [0.2, 0.25) is 5.43 Å². The Balaban J connectivity index is 1.50. The zero-order chi connectivity index (χ0) is 20.9. The Labute approximate surface area is 175 Å². The van der Waals surface area contributed by atoms with Gasteiger partial charge in [-0.05, 0) is 23.5 Å². The van der Waals surface area contributed by atoms with Gasteiger partial charge in [0, 0.05) is 18.8 Å². The highest BCUT2D eigenvalue weighted by molar-refractivity contribution is 5.96. The molecule has 6 nitrogen and oxygen atoms in total. The molecule has 0 saturated heterocycles. The molecule has 2 heterocycles. The van der Waals surface area contributed by atoms with E-state index in [0.29, 0.717) is 19.1 Å². The fraction of sp³-hybridized carbons (Fsp3) is 0.250. The fourth-order valence-corrected chi connectivity index (χ4v) is 3.58. The Kier molecular flexibility index (Phi) is 5.84. The van der Waals surface area contributed by atoms with E-state index in [-0.39, 0.29) is 29.4 Å². The number of nitrogens with one attached hydrogen (secondary N) is 1. The highest BCUT2D eigenvalue weighted by atomic mass is 16.5. The Morgan fingerprint density at radius 1 is 1.00 bits per heavy atom. The molecule has 1 amide bonds. The molecule has 1 aliphatic heterocycles. The lowest BCUT2D eigenvalue weighted by Gasteiger charge is -2.32. The van der Waals surface area contributed by atoms with Crippen LogP contribution in [0.4, 0.5) is 0 Å². The molecule has 1 aromatic heterocycles. The van der Waals surface area contributed by atoms with Crippen molar-refractivity contribution in [2.24, 2.45) is 0 Å². The van der Waals surface area contributed by atoms with Crippen molar-refractivity contribution in [1.29, 1.82) is 0 Å². The van der Waals surface area contributed by atoms with E-state index in [9.17, 15) is 9.59 Å². The SMILES string of the molecule is CC(CCN1CNn2ccc(=O)c(OCc3ccccc3)c2C1=O)c1ccccc1. The van der Waals surface area contributed by atoms with Gasteiger partial charge in [-0.25, -0.2) is 0 Å². The third-order valence-electron chi connectivity index (χ3n) is 5.40. The number of carbonyl (C=O) groups excluding carboxylic acids is 1. The molecule has 2 aromatic carbocycles. The summed E-state index contributed by atoms with van der Waals surface area (Å²) in [5.41, 5.74) is 5.31. The van der Waals surface area contributed by atoms with E-state index < -0.39 is 0 Å². The molecule has 0 spiro atoms. The second-order valence-corrected chi connectivity index (χ2v) is 7.49. The lowest BCUT2D eigenvalue weighted by molar-refractivity contribution is 0.0715. The van der Waals surface area contributed by atoms with E-state index >= 15 is 0 Å². The summed E-state index contributed by atoms with van der Waals surface area (Å²) in [6.07, 6.45) is 2.41. The molecule has 1 aliphatic rings. The number of pyridine rings is 1. The fourth-order valence-electron chi connectivity index (χ4n) is 3.58. The monoisotopic (exact) mass is 403 g/mol. The van der Waals surface area contributed by atoms with Crippen LogP contribution < -0.4 is 15.6 Å². The third kappa shape index (κ3) is 4.22. The molecule has 6 heteroatoms. The van der Waals surface area contributed by atoms with Crippen LogP contribution in [-0.4, -0.2) is 28.7 Å². The minimum Gasteiger partial charge on any atom is -0.482 e. The van der Waals surface area contributed by atoms with E-state index in [0.717, 1.165) is 12.0 Å². The molecule has 0 fully saturated rings. The van der Waals surface area contributed by atoms with Crippen LogP contribution in [0.2, 0.25) is 0 Å². The zero-order valence-corrected chi connectivity index (χ0v) is 17.0. The third-order valence-corrected chi connectivity index (χ3v) is 5.40. The Morgan fingerprint density at radius 2 is 1.70 bits per heavy atom. The Hall–Kier alpha value is -3.54. The molecular formula is C24H25N3O3. The predicted octanol–water partition coefficient (Wildman–Crippen LogP) is 3.58. The Morgan fingerprint density at radius 3 is 2.43 bits per heavy atom. The number of benzene rings is 2. The van der Waals surface area contributed by atoms with E-state index in [4.69, 9.17) is 4.74 Å². The summed E-state index contributed by atoms with van der Waals surface area (Å²) >= 11 is 0. The normalized spacial score (nSPS) is 14.0. The van der Waals surface area contributed by atoms with Crippen LogP contribution in [0.3, 0.4) is 0 Å². The van der Waals surface area contributed by atoms with Crippen LogP contribution in [0.25, 0.3) is 0 Å². The number of nitrogens with zero attached hydrogens (tertiary/aromatic N) is 2. The standard InChI is InChI=1S/C24H25N3O3/c1-18(20-10-6-3-7-11-20)12-14-26-17-25-27-15-13-21(28)23(22(27)24(26)29)30-16-19-8-4-2-5-9-19/h2-11,13,15,18,25H,12,14,16-17H2,1H3. The maximum Gasteiger partial charge on any atom is 0.277 e. The highest BCUT2D eigenvalue weighted by Crippen LogP contribution is 2.23. The molecule has 1 unspecified atom stereocenters. The number of amides is 1. The van der Waals surface area contributed by atoms with Crippen molar-refractivity contribution in [2.75, 3.05) is 18.6 Å². The largest absolute Gasteiger partial charge is 0.482 e. The van der Waals surface area contributed by atoms with Gasteiger partial charge in [0.1, 0.15) is 13.3 Å². The Bertz CT molecular complexity index is 1060. The van der Waals surface area contributed by atoms with E-state index in [1.807, 2.05) is 48.5 Å². The van der Waals surface area contributed by atoms with Crippen molar-refractivity contribution in [1.82, 2.24) is 9.58 Å². The number of rotatable bonds is 7. The average Bonchev–Trinajstić information content (AvgIpc) is 2.79. The van der Waals surface area contributed by atoms with Gasteiger partial charge in [-0.2, -0.15) is 0 Å². The van der Waals surface area contributed by atoms with Crippen molar-refractivity contribution in [3.8, 4) is 5.75 Å². The van der Waals surface area contributed by atoms with Crippen LogP contribution >= 0.6 is 0 Å². The molecule has 0 saturated carbocycles. The van der Waals surface area contributed by atoms with Crippen LogP contribution in [0.5, 0.6) is 5.75 Å². The molecule has 1 N–H and O–H groups in total. The first-order chi connectivity index (χ1) is 14.6. The van der Waals surface area contributed by atoms with Crippen molar-refractivity contribution >= 4 is 5.91 Å². The van der Waals surface area contributed by atoms with Gasteiger partial charge < -0.3 is 15.1 Å². The summed E-state index contributed by atoms with van der Waals surface area (Å²) in [6, 6.07) is 21.3. The smallest absolute Gasteiger partial charge is 0.277 e. The molecule has 0 bridgehead atoms. The lowest BCUT2D eigenvalue weighted by atomic mass is 9.98. The number of hydrogen-bond acceptors (Lipinski definition) is 4. The topological polar surface area (TPSA) is 63.6 Å². The number of fused-ring (bicyclic) bond motifs is 1. The summed E-state index contributed by atoms with van der Waals surface area (Å²) in [5, 5.41) is 0. The van der Waals surface area contributed by atoms with Gasteiger partial charge in [-0.15, -0.1) is 0 Å². The van der Waals surface area contributed by atoms with Gasteiger partial charge in [-0.3, -0.25) is 14.3 Å². The molecule has 0 radical (unpaired) electrons. The zero-order valence-electron chi connectivity index (χ0n) is 17.0. The quantitative estimate of drug-likeness (QED) is 0.655. The summed E-state index contributed by atoms with van der Waals surface area (Å²) in [6.45, 7) is 3.35. The molecule has 3 aromatic rings. The van der Waals surface area contributed by atoms with Crippen LogP contribution in [0.15, 0.2) is 77.7 Å². The van der Waals surface area contributed by atoms with Gasteiger partial charge in [0.25, 0.3) is 5.91 Å². The van der Waals surface area contributed by atoms with Crippen LogP contribution in [0, 0.1) is 0 Å². The summed E-state index contributed by atoms with van der Waals surface area (Å²) in [5.74, 6) is 0.210. The first-order valence-electron chi connectivity index (χ1n) is 10.1. The number of carbonyl (C=O) groups is 1. The summed E-state index contributed by atoms with van der Waals surface area (Å²) in [7, 11) is 0. The van der Waals surface area contributed by atoms with Crippen LogP contribution in [0.1, 0.15) is 40.9 Å². The van der Waals surface area contributed by atoms with E-state index in [2.05, 4.69) is 24.5 Å². The number of hydrogen-bond donors (Lipinski definition) is 1.